The van der Waals surface area contributed by atoms with Crippen molar-refractivity contribution in [2.75, 3.05) is 4.81 Å². The average molecular weight is 840 g/mol. The van der Waals surface area contributed by atoms with Gasteiger partial charge in [-0.3, -0.25) is 0 Å². The number of anilines is 2. The van der Waals surface area contributed by atoms with Crippen LogP contribution in [0.3, 0.4) is 0 Å². The van der Waals surface area contributed by atoms with Crippen molar-refractivity contribution in [3.05, 3.63) is 179 Å². The minimum absolute atomic E-state index is 0.0354. The highest BCUT2D eigenvalue weighted by atomic mass is 32.1. The molecule has 0 unspecified atom stereocenters. The molecular formula is C59H46BN3S. The molecule has 0 bridgehead atoms. The highest BCUT2D eigenvalue weighted by molar-refractivity contribution is 7.21. The van der Waals surface area contributed by atoms with Crippen molar-refractivity contribution in [3.8, 4) is 49.6 Å². The van der Waals surface area contributed by atoms with Crippen LogP contribution in [-0.4, -0.2) is 16.4 Å². The maximum atomic E-state index is 5.40. The Morgan fingerprint density at radius 1 is 0.547 bits per heavy atom. The number of thiazole rings is 1. The summed E-state index contributed by atoms with van der Waals surface area (Å²) < 4.78 is 3.85. The fourth-order valence-corrected chi connectivity index (χ4v) is 13.3. The molecule has 4 aliphatic rings. The molecular weight excluding hydrogens is 794 g/mol. The van der Waals surface area contributed by atoms with E-state index in [2.05, 4.69) is 210 Å². The van der Waals surface area contributed by atoms with Crippen molar-refractivity contribution in [2.24, 2.45) is 0 Å². The summed E-state index contributed by atoms with van der Waals surface area (Å²) in [5.41, 5.74) is 25.9. The number of benzene rings is 8. The molecule has 0 fully saturated rings. The smallest absolute Gasteiger partial charge is 0.333 e. The summed E-state index contributed by atoms with van der Waals surface area (Å²) in [6.07, 6.45) is 0. The van der Waals surface area contributed by atoms with E-state index in [0.29, 0.717) is 0 Å². The Labute approximate surface area is 378 Å². The van der Waals surface area contributed by atoms with Gasteiger partial charge in [0.1, 0.15) is 5.01 Å². The van der Waals surface area contributed by atoms with Gasteiger partial charge in [0.2, 0.25) is 0 Å². The average Bonchev–Trinajstić information content (AvgIpc) is 4.00. The number of aromatic nitrogens is 2. The Morgan fingerprint density at radius 2 is 1.20 bits per heavy atom. The molecule has 10 aromatic rings. The third-order valence-electron chi connectivity index (χ3n) is 15.6. The number of rotatable bonds is 2. The van der Waals surface area contributed by atoms with Crippen LogP contribution in [0, 0.1) is 0 Å². The molecule has 0 atom stereocenters. The summed E-state index contributed by atoms with van der Waals surface area (Å²) in [5, 5.41) is 3.67. The Kier molecular flexibility index (Phi) is 6.95. The second-order valence-corrected chi connectivity index (χ2v) is 21.8. The van der Waals surface area contributed by atoms with Crippen LogP contribution in [0.5, 0.6) is 0 Å². The van der Waals surface area contributed by atoms with Crippen molar-refractivity contribution in [3.63, 3.8) is 0 Å². The van der Waals surface area contributed by atoms with Gasteiger partial charge in [-0.05, 0) is 121 Å². The van der Waals surface area contributed by atoms with Crippen molar-refractivity contribution in [2.45, 2.75) is 64.7 Å². The van der Waals surface area contributed by atoms with E-state index in [-0.39, 0.29) is 23.1 Å². The molecule has 2 aromatic heterocycles. The minimum atomic E-state index is -0.129. The number of nitrogens with zero attached hydrogens (tertiary/aromatic N) is 3. The van der Waals surface area contributed by atoms with Crippen LogP contribution < -0.4 is 15.7 Å². The second-order valence-electron chi connectivity index (χ2n) is 20.8. The molecule has 2 aliphatic carbocycles. The number of hydrogen-bond donors (Lipinski definition) is 0. The lowest BCUT2D eigenvalue weighted by Crippen LogP contribution is -2.60. The quantitative estimate of drug-likeness (QED) is 0.162. The molecule has 64 heavy (non-hydrogen) atoms. The Hall–Kier alpha value is -6.69. The molecule has 0 spiro atoms. The fraction of sp³-hybridized carbons (Fsp3) is 0.169. The van der Waals surface area contributed by atoms with Crippen LogP contribution in [-0.2, 0) is 16.2 Å². The normalized spacial score (nSPS) is 15.6. The van der Waals surface area contributed by atoms with Crippen molar-refractivity contribution in [1.29, 1.82) is 0 Å². The SMILES string of the molecule is CC(C)(C)c1ccc(N2B3c4cc5nc(-c6ccccc6)sc5cc4-n4c5cc6c(cc5c5ccc(c3c54)-c3cc4c(cc32)-c2ccccc2C4(C)C)-c2ccccc2C6(C)C)cc1. The Bertz CT molecular complexity index is 3710. The van der Waals surface area contributed by atoms with E-state index < -0.39 is 0 Å². The van der Waals surface area contributed by atoms with Gasteiger partial charge >= 0.3 is 6.85 Å². The second kappa shape index (κ2) is 12.1. The molecule has 0 amide bonds. The van der Waals surface area contributed by atoms with Gasteiger partial charge in [-0.1, -0.05) is 152 Å². The first-order chi connectivity index (χ1) is 30.9. The van der Waals surface area contributed by atoms with E-state index >= 15 is 0 Å². The van der Waals surface area contributed by atoms with Gasteiger partial charge < -0.3 is 9.38 Å². The largest absolute Gasteiger partial charge is 0.376 e. The summed E-state index contributed by atoms with van der Waals surface area (Å²) in [5.74, 6) is 0. The fourth-order valence-electron chi connectivity index (χ4n) is 12.3. The monoisotopic (exact) mass is 839 g/mol. The van der Waals surface area contributed by atoms with Gasteiger partial charge in [-0.2, -0.15) is 0 Å². The van der Waals surface area contributed by atoms with Crippen LogP contribution in [0.25, 0.3) is 81.7 Å². The predicted molar refractivity (Wildman–Crippen MR) is 272 cm³/mol. The van der Waals surface area contributed by atoms with Crippen LogP contribution in [0.15, 0.2) is 152 Å². The van der Waals surface area contributed by atoms with E-state index in [0.717, 1.165) is 16.1 Å². The number of hydrogen-bond acceptors (Lipinski definition) is 3. The molecule has 2 aliphatic heterocycles. The Balaban J connectivity index is 1.13. The molecule has 0 N–H and O–H groups in total. The predicted octanol–water partition coefficient (Wildman–Crippen LogP) is 14.2. The van der Waals surface area contributed by atoms with E-state index in [4.69, 9.17) is 4.98 Å². The first kappa shape index (κ1) is 36.8. The maximum Gasteiger partial charge on any atom is 0.333 e. The topological polar surface area (TPSA) is 21.1 Å². The molecule has 306 valence electrons. The van der Waals surface area contributed by atoms with Crippen molar-refractivity contribution >= 4 is 72.5 Å². The zero-order valence-electron chi connectivity index (χ0n) is 37.3. The van der Waals surface area contributed by atoms with Gasteiger partial charge in [0, 0.05) is 49.8 Å². The van der Waals surface area contributed by atoms with E-state index in [1.807, 2.05) is 0 Å². The van der Waals surface area contributed by atoms with Crippen molar-refractivity contribution < 1.29 is 0 Å². The van der Waals surface area contributed by atoms with Gasteiger partial charge in [-0.15, -0.1) is 11.3 Å². The molecule has 4 heterocycles. The molecule has 0 saturated heterocycles. The minimum Gasteiger partial charge on any atom is -0.376 e. The third kappa shape index (κ3) is 4.60. The zero-order chi connectivity index (χ0) is 43.2. The van der Waals surface area contributed by atoms with Crippen LogP contribution in [0.2, 0.25) is 0 Å². The first-order valence-corrected chi connectivity index (χ1v) is 23.6. The van der Waals surface area contributed by atoms with Gasteiger partial charge in [0.15, 0.2) is 0 Å². The molecule has 0 radical (unpaired) electrons. The summed E-state index contributed by atoms with van der Waals surface area (Å²) >= 11 is 1.80. The van der Waals surface area contributed by atoms with Crippen molar-refractivity contribution in [1.82, 2.24) is 9.55 Å². The van der Waals surface area contributed by atoms with Gasteiger partial charge in [0.25, 0.3) is 0 Å². The summed E-state index contributed by atoms with van der Waals surface area (Å²) in [4.78, 5) is 8.09. The summed E-state index contributed by atoms with van der Waals surface area (Å²) in [6, 6.07) is 58.2. The number of fused-ring (bicyclic) bond motifs is 15. The van der Waals surface area contributed by atoms with Gasteiger partial charge in [-0.25, -0.2) is 4.98 Å². The molecule has 0 saturated carbocycles. The van der Waals surface area contributed by atoms with E-state index in [9.17, 15) is 0 Å². The summed E-state index contributed by atoms with van der Waals surface area (Å²) in [6.45, 7) is 16.4. The van der Waals surface area contributed by atoms with E-state index in [1.165, 1.54) is 116 Å². The lowest BCUT2D eigenvalue weighted by Gasteiger charge is -2.42. The van der Waals surface area contributed by atoms with E-state index in [1.54, 1.807) is 11.3 Å². The zero-order valence-corrected chi connectivity index (χ0v) is 38.1. The van der Waals surface area contributed by atoms with Gasteiger partial charge in [0.05, 0.1) is 21.3 Å². The standard InChI is InChI=1S/C59H46BN3S/c1-57(2,3)34-21-23-35(24-22-34)63-51-29-41-37-18-12-14-20-45(37)58(4,5)46(41)28-43(51)38-25-26-39-42-27-40-36-17-11-13-19-44(36)59(6,7)47(40)30-50(42)62-52-32-53-49(31-48(52)60(63)54(38)55(39)62)61-56(64-53)33-15-9-8-10-16-33/h8-32H,1-7H3. The Morgan fingerprint density at radius 3 is 1.91 bits per heavy atom. The lowest BCUT2D eigenvalue weighted by molar-refractivity contribution is 0.590. The van der Waals surface area contributed by atoms with Crippen LogP contribution >= 0.6 is 11.3 Å². The summed E-state index contributed by atoms with van der Waals surface area (Å²) in [7, 11) is 0. The maximum absolute atomic E-state index is 5.40. The highest BCUT2D eigenvalue weighted by Gasteiger charge is 2.47. The molecule has 8 aromatic carbocycles. The lowest BCUT2D eigenvalue weighted by atomic mass is 9.44. The first-order valence-electron chi connectivity index (χ1n) is 22.8. The highest BCUT2D eigenvalue weighted by Crippen LogP contribution is 2.56. The third-order valence-corrected chi connectivity index (χ3v) is 16.6. The molecule has 14 rings (SSSR count). The molecule has 5 heteroatoms. The molecule has 3 nitrogen and oxygen atoms in total. The van der Waals surface area contributed by atoms with Crippen LogP contribution in [0.1, 0.15) is 76.3 Å². The van der Waals surface area contributed by atoms with Crippen LogP contribution in [0.4, 0.5) is 11.4 Å².